The molecule has 8 nitrogen and oxygen atoms in total. The van der Waals surface area contributed by atoms with Gasteiger partial charge in [-0.2, -0.15) is 0 Å². The lowest BCUT2D eigenvalue weighted by molar-refractivity contribution is -0.129. The molecule has 41 heavy (non-hydrogen) atoms. The largest absolute Gasteiger partial charge is 0.497 e. The second kappa shape index (κ2) is 13.8. The molecule has 1 fully saturated rings. The number of hydrogen-bond acceptors (Lipinski definition) is 6. The quantitative estimate of drug-likeness (QED) is 0.231. The number of halogens is 1. The number of methoxy groups -OCH3 is 1. The number of amides is 2. The maximum atomic E-state index is 13.1. The van der Waals surface area contributed by atoms with Crippen LogP contribution in [0, 0.1) is 5.92 Å². The summed E-state index contributed by atoms with van der Waals surface area (Å²) in [6.07, 6.45) is 3.09. The van der Waals surface area contributed by atoms with Crippen LogP contribution in [0.4, 0.5) is 0 Å². The molecule has 2 amide bonds. The van der Waals surface area contributed by atoms with Gasteiger partial charge < -0.3 is 15.0 Å². The number of aromatic nitrogens is 3. The topological polar surface area (TPSA) is 89.3 Å². The third kappa shape index (κ3) is 7.56. The van der Waals surface area contributed by atoms with Crippen molar-refractivity contribution >= 4 is 39.5 Å². The fourth-order valence-corrected chi connectivity index (χ4v) is 6.05. The fraction of sp³-hybridized carbons (Fsp3) is 0.290. The van der Waals surface area contributed by atoms with Crippen LogP contribution in [0.3, 0.4) is 0 Å². The molecule has 2 heterocycles. The Hall–Kier alpha value is -3.63. The van der Waals surface area contributed by atoms with Gasteiger partial charge in [-0.15, -0.1) is 10.2 Å². The van der Waals surface area contributed by atoms with E-state index >= 15 is 0 Å². The predicted molar refractivity (Wildman–Crippen MR) is 163 cm³/mol. The second-order valence-corrected chi connectivity index (χ2v) is 11.8. The average Bonchev–Trinajstić information content (AvgIpc) is 3.42. The molecule has 5 rings (SSSR count). The van der Waals surface area contributed by atoms with E-state index in [1.54, 1.807) is 31.4 Å². The van der Waals surface area contributed by atoms with Crippen molar-refractivity contribution in [1.29, 1.82) is 0 Å². The predicted octanol–water partition coefficient (Wildman–Crippen LogP) is 5.54. The van der Waals surface area contributed by atoms with Gasteiger partial charge in [0.25, 0.3) is 5.91 Å². The lowest BCUT2D eigenvalue weighted by Gasteiger charge is -2.32. The Morgan fingerprint density at radius 3 is 2.37 bits per heavy atom. The van der Waals surface area contributed by atoms with Crippen molar-refractivity contribution in [3.63, 3.8) is 0 Å². The van der Waals surface area contributed by atoms with Gasteiger partial charge in [0, 0.05) is 28.8 Å². The summed E-state index contributed by atoms with van der Waals surface area (Å²) in [7, 11) is 1.59. The smallest absolute Gasteiger partial charge is 0.251 e. The van der Waals surface area contributed by atoms with Crippen molar-refractivity contribution in [1.82, 2.24) is 25.0 Å². The first-order valence-corrected chi connectivity index (χ1v) is 15.3. The van der Waals surface area contributed by atoms with Crippen LogP contribution in [0.5, 0.6) is 5.75 Å². The molecule has 1 N–H and O–H groups in total. The van der Waals surface area contributed by atoms with Crippen molar-refractivity contribution in [3.05, 3.63) is 100 Å². The highest BCUT2D eigenvalue weighted by Gasteiger charge is 2.24. The molecule has 4 aromatic rings. The number of ether oxygens (including phenoxy) is 1. The van der Waals surface area contributed by atoms with Crippen molar-refractivity contribution in [3.8, 4) is 11.4 Å². The molecule has 1 aliphatic heterocycles. The minimum absolute atomic E-state index is 0.105. The van der Waals surface area contributed by atoms with Crippen LogP contribution < -0.4 is 10.1 Å². The Bertz CT molecular complexity index is 1450. The number of thioether (sulfide) groups is 1. The van der Waals surface area contributed by atoms with E-state index in [2.05, 4.69) is 55.7 Å². The van der Waals surface area contributed by atoms with Crippen molar-refractivity contribution in [2.24, 2.45) is 5.92 Å². The molecule has 1 aromatic heterocycles. The standard InChI is InChI=1S/C31H32BrN5O3S/c1-40-27-13-7-24(8-14-27)30(39)33-20-28-34-35-31(37(28)26-11-9-25(32)10-12-26)41-21-29(38)36-17-15-23(16-18-36)19-22-5-3-2-4-6-22/h2-14,23H,15-21H2,1H3,(H,33,39). The molecule has 1 aliphatic rings. The van der Waals surface area contributed by atoms with E-state index in [4.69, 9.17) is 4.74 Å². The fourth-order valence-electron chi connectivity index (χ4n) is 4.91. The van der Waals surface area contributed by atoms with Crippen LogP contribution in [0.25, 0.3) is 5.69 Å². The van der Waals surface area contributed by atoms with Crippen molar-refractivity contribution in [2.45, 2.75) is 31.0 Å². The van der Waals surface area contributed by atoms with Crippen LogP contribution in [-0.4, -0.2) is 57.4 Å². The van der Waals surface area contributed by atoms with Crippen molar-refractivity contribution < 1.29 is 14.3 Å². The van der Waals surface area contributed by atoms with E-state index in [1.807, 2.05) is 39.8 Å². The third-order valence-corrected chi connectivity index (χ3v) is 8.65. The molecule has 0 saturated carbocycles. The lowest BCUT2D eigenvalue weighted by atomic mass is 9.90. The lowest BCUT2D eigenvalue weighted by Crippen LogP contribution is -2.39. The zero-order chi connectivity index (χ0) is 28.6. The Labute approximate surface area is 252 Å². The number of carbonyl (C=O) groups excluding carboxylic acids is 2. The Morgan fingerprint density at radius 2 is 1.68 bits per heavy atom. The normalized spacial score (nSPS) is 13.7. The number of nitrogens with zero attached hydrogens (tertiary/aromatic N) is 4. The van der Waals surface area contributed by atoms with Crippen molar-refractivity contribution in [2.75, 3.05) is 26.0 Å². The van der Waals surface area contributed by atoms with Crippen LogP contribution in [0.15, 0.2) is 88.5 Å². The summed E-state index contributed by atoms with van der Waals surface area (Å²) in [6, 6.07) is 25.3. The third-order valence-electron chi connectivity index (χ3n) is 7.20. The van der Waals surface area contributed by atoms with E-state index < -0.39 is 0 Å². The van der Waals surface area contributed by atoms with Crippen LogP contribution in [0.2, 0.25) is 0 Å². The van der Waals surface area contributed by atoms with Gasteiger partial charge in [0.15, 0.2) is 11.0 Å². The Kier molecular flexibility index (Phi) is 9.74. The molecule has 10 heteroatoms. The van der Waals surface area contributed by atoms with Gasteiger partial charge in [0.2, 0.25) is 5.91 Å². The van der Waals surface area contributed by atoms with E-state index in [9.17, 15) is 9.59 Å². The molecule has 0 bridgehead atoms. The highest BCUT2D eigenvalue weighted by Crippen LogP contribution is 2.26. The summed E-state index contributed by atoms with van der Waals surface area (Å²) in [5, 5.41) is 12.3. The summed E-state index contributed by atoms with van der Waals surface area (Å²) in [5.41, 5.74) is 2.73. The van der Waals surface area contributed by atoms with Gasteiger partial charge in [-0.1, -0.05) is 58.0 Å². The number of likely N-dealkylation sites (tertiary alicyclic amines) is 1. The van der Waals surface area contributed by atoms with E-state index in [0.717, 1.165) is 42.5 Å². The molecular weight excluding hydrogens is 602 g/mol. The van der Waals surface area contributed by atoms with E-state index in [1.165, 1.54) is 17.3 Å². The second-order valence-electron chi connectivity index (χ2n) is 9.92. The van der Waals surface area contributed by atoms with Crippen LogP contribution >= 0.6 is 27.7 Å². The highest BCUT2D eigenvalue weighted by molar-refractivity contribution is 9.10. The molecule has 0 radical (unpaired) electrons. The van der Waals surface area contributed by atoms with E-state index in [0.29, 0.717) is 28.2 Å². The summed E-state index contributed by atoms with van der Waals surface area (Å²) in [5.74, 6) is 2.02. The summed E-state index contributed by atoms with van der Waals surface area (Å²) < 4.78 is 8.01. The maximum absolute atomic E-state index is 13.1. The minimum Gasteiger partial charge on any atom is -0.497 e. The molecule has 0 atom stereocenters. The van der Waals surface area contributed by atoms with Crippen LogP contribution in [-0.2, 0) is 17.8 Å². The molecule has 0 aliphatic carbocycles. The molecular formula is C31H32BrN5O3S. The van der Waals surface area contributed by atoms with Gasteiger partial charge in [0.1, 0.15) is 5.75 Å². The van der Waals surface area contributed by atoms with Gasteiger partial charge in [-0.3, -0.25) is 14.2 Å². The van der Waals surface area contributed by atoms with Gasteiger partial charge in [0.05, 0.1) is 19.4 Å². The summed E-state index contributed by atoms with van der Waals surface area (Å²) in [6.45, 7) is 1.73. The first-order chi connectivity index (χ1) is 20.0. The molecule has 3 aromatic carbocycles. The number of piperidine rings is 1. The molecule has 0 unspecified atom stereocenters. The summed E-state index contributed by atoms with van der Waals surface area (Å²) >= 11 is 4.85. The Morgan fingerprint density at radius 1 is 0.976 bits per heavy atom. The number of benzene rings is 3. The molecule has 1 saturated heterocycles. The number of carbonyl (C=O) groups is 2. The van der Waals surface area contributed by atoms with E-state index in [-0.39, 0.29) is 24.1 Å². The number of nitrogens with one attached hydrogen (secondary N) is 1. The van der Waals surface area contributed by atoms with Gasteiger partial charge in [-0.05, 0) is 79.3 Å². The zero-order valence-electron chi connectivity index (χ0n) is 22.8. The first kappa shape index (κ1) is 28.9. The number of rotatable bonds is 10. The van der Waals surface area contributed by atoms with Gasteiger partial charge >= 0.3 is 0 Å². The van der Waals surface area contributed by atoms with Crippen LogP contribution in [0.1, 0.15) is 34.6 Å². The highest BCUT2D eigenvalue weighted by atomic mass is 79.9. The number of hydrogen-bond donors (Lipinski definition) is 1. The first-order valence-electron chi connectivity index (χ1n) is 13.6. The molecule has 212 valence electrons. The average molecular weight is 635 g/mol. The maximum Gasteiger partial charge on any atom is 0.251 e. The monoisotopic (exact) mass is 633 g/mol. The minimum atomic E-state index is -0.224. The Balaban J connectivity index is 1.21. The molecule has 0 spiro atoms. The zero-order valence-corrected chi connectivity index (χ0v) is 25.2. The van der Waals surface area contributed by atoms with Gasteiger partial charge in [-0.25, -0.2) is 0 Å². The summed E-state index contributed by atoms with van der Waals surface area (Å²) in [4.78, 5) is 27.9. The SMILES string of the molecule is COc1ccc(C(=O)NCc2nnc(SCC(=O)N3CCC(Cc4ccccc4)CC3)n2-c2ccc(Br)cc2)cc1.